The number of Topliss-reactive ketones (excluding diaryl/α,β-unsaturated/α-hetero) is 1. The number of carbonyl (C=O) groups excluding carboxylic acids is 2. The molecule has 1 amide bonds. The van der Waals surface area contributed by atoms with Crippen molar-refractivity contribution >= 4 is 21.7 Å². The van der Waals surface area contributed by atoms with E-state index in [-0.39, 0.29) is 35.7 Å². The fourth-order valence-electron chi connectivity index (χ4n) is 2.77. The predicted molar refractivity (Wildman–Crippen MR) is 96.6 cm³/mol. The molecule has 2 unspecified atom stereocenters. The van der Waals surface area contributed by atoms with Crippen LogP contribution in [0.25, 0.3) is 0 Å². The van der Waals surface area contributed by atoms with Crippen molar-refractivity contribution in [1.29, 1.82) is 0 Å². The summed E-state index contributed by atoms with van der Waals surface area (Å²) in [5.74, 6) is -0.720. The fourth-order valence-corrected chi connectivity index (χ4v) is 4.14. The lowest BCUT2D eigenvalue weighted by Crippen LogP contribution is -2.51. The summed E-state index contributed by atoms with van der Waals surface area (Å²) in [7, 11) is -3.84. The molecule has 0 spiro atoms. The molecule has 0 saturated carbocycles. The number of pyridine rings is 1. The Bertz CT molecular complexity index is 738. The van der Waals surface area contributed by atoms with Gasteiger partial charge >= 0.3 is 0 Å². The van der Waals surface area contributed by atoms with Gasteiger partial charge in [0.05, 0.1) is 18.6 Å². The Morgan fingerprint density at radius 2 is 2.19 bits per heavy atom. The third-order valence-electron chi connectivity index (χ3n) is 4.74. The van der Waals surface area contributed by atoms with Crippen LogP contribution >= 0.6 is 0 Å². The zero-order chi connectivity index (χ0) is 19.3. The van der Waals surface area contributed by atoms with E-state index in [4.69, 9.17) is 5.73 Å². The van der Waals surface area contributed by atoms with Gasteiger partial charge in [0.25, 0.3) is 10.0 Å². The summed E-state index contributed by atoms with van der Waals surface area (Å²) in [5.41, 5.74) is 5.91. The molecule has 1 aliphatic heterocycles. The van der Waals surface area contributed by atoms with E-state index in [1.165, 1.54) is 12.3 Å². The molecule has 0 aliphatic carbocycles. The minimum atomic E-state index is -3.84. The van der Waals surface area contributed by atoms with Gasteiger partial charge in [0.1, 0.15) is 0 Å². The van der Waals surface area contributed by atoms with Crippen molar-refractivity contribution in [2.45, 2.75) is 50.2 Å². The molecule has 0 aromatic carbocycles. The van der Waals surface area contributed by atoms with Gasteiger partial charge < -0.3 is 11.1 Å². The second-order valence-corrected chi connectivity index (χ2v) is 8.47. The summed E-state index contributed by atoms with van der Waals surface area (Å²) in [6, 6.07) is 3.19. The maximum absolute atomic E-state index is 12.7. The first-order valence-electron chi connectivity index (χ1n) is 8.77. The van der Waals surface area contributed by atoms with E-state index in [2.05, 4.69) is 10.3 Å². The number of carbonyl (C=O) groups is 2. The predicted octanol–water partition coefficient (Wildman–Crippen LogP) is 0.293. The molecule has 9 heteroatoms. The first kappa shape index (κ1) is 20.5. The van der Waals surface area contributed by atoms with E-state index >= 15 is 0 Å². The molecule has 2 heterocycles. The van der Waals surface area contributed by atoms with Crippen LogP contribution in [0.15, 0.2) is 29.4 Å². The van der Waals surface area contributed by atoms with E-state index in [1.54, 1.807) is 12.1 Å². The van der Waals surface area contributed by atoms with E-state index < -0.39 is 22.1 Å². The smallest absolute Gasteiger partial charge is 0.260 e. The molecule has 144 valence electrons. The summed E-state index contributed by atoms with van der Waals surface area (Å²) in [5, 5.41) is 2.60. The highest BCUT2D eigenvalue weighted by atomic mass is 32.2. The van der Waals surface area contributed by atoms with Gasteiger partial charge in [-0.2, -0.15) is 4.31 Å². The standard InChI is InChI=1S/C17H26N4O4S/c1-3-12(2)16(18)17(23)20-13-7-6-10-21(11-14(13)22)26(24,25)15-8-4-5-9-19-15/h4-5,8-9,12-13,16H,3,6-7,10-11,18H2,1-2H3,(H,20,23)/t12?,13?,16-/m0/s1. The minimum Gasteiger partial charge on any atom is -0.345 e. The topological polar surface area (TPSA) is 122 Å². The fraction of sp³-hybridized carbons (Fsp3) is 0.588. The summed E-state index contributed by atoms with van der Waals surface area (Å²) in [6.07, 6.45) is 2.99. The third-order valence-corrected chi connectivity index (χ3v) is 6.50. The number of rotatable bonds is 6. The van der Waals surface area contributed by atoms with E-state index in [1.807, 2.05) is 13.8 Å². The van der Waals surface area contributed by atoms with Gasteiger partial charge in [-0.15, -0.1) is 0 Å². The summed E-state index contributed by atoms with van der Waals surface area (Å²) >= 11 is 0. The van der Waals surface area contributed by atoms with Gasteiger partial charge in [0, 0.05) is 12.7 Å². The molecule has 1 aliphatic rings. The molecule has 26 heavy (non-hydrogen) atoms. The molecule has 1 fully saturated rings. The number of sulfonamides is 1. The maximum Gasteiger partial charge on any atom is 0.260 e. The Balaban J connectivity index is 2.08. The number of hydrogen-bond acceptors (Lipinski definition) is 6. The second-order valence-electron chi connectivity index (χ2n) is 6.59. The molecule has 2 rings (SSSR count). The number of amides is 1. The van der Waals surface area contributed by atoms with Crippen LogP contribution in [0.2, 0.25) is 0 Å². The molecule has 8 nitrogen and oxygen atoms in total. The van der Waals surface area contributed by atoms with Crippen molar-refractivity contribution in [3.63, 3.8) is 0 Å². The van der Waals surface area contributed by atoms with Crippen LogP contribution in [-0.2, 0) is 19.6 Å². The van der Waals surface area contributed by atoms with Crippen molar-refractivity contribution in [2.24, 2.45) is 11.7 Å². The van der Waals surface area contributed by atoms with Gasteiger partial charge in [-0.3, -0.25) is 9.59 Å². The van der Waals surface area contributed by atoms with Gasteiger partial charge in [0.2, 0.25) is 5.91 Å². The molecule has 1 aromatic rings. The molecule has 1 saturated heterocycles. The van der Waals surface area contributed by atoms with Crippen molar-refractivity contribution in [3.05, 3.63) is 24.4 Å². The molecular weight excluding hydrogens is 356 g/mol. The molecular formula is C17H26N4O4S. The van der Waals surface area contributed by atoms with Crippen molar-refractivity contribution in [3.8, 4) is 0 Å². The van der Waals surface area contributed by atoms with Crippen LogP contribution in [-0.4, -0.2) is 54.6 Å². The quantitative estimate of drug-likeness (QED) is 0.729. The normalized spacial score (nSPS) is 21.7. The zero-order valence-electron chi connectivity index (χ0n) is 15.1. The lowest BCUT2D eigenvalue weighted by molar-refractivity contribution is -0.129. The highest BCUT2D eigenvalue weighted by Gasteiger charge is 2.34. The van der Waals surface area contributed by atoms with E-state index in [0.29, 0.717) is 12.8 Å². The zero-order valence-corrected chi connectivity index (χ0v) is 15.9. The number of nitrogens with one attached hydrogen (secondary N) is 1. The minimum absolute atomic E-state index is 0.00286. The van der Waals surface area contributed by atoms with Crippen LogP contribution in [0.4, 0.5) is 0 Å². The average molecular weight is 382 g/mol. The van der Waals surface area contributed by atoms with Crippen LogP contribution < -0.4 is 11.1 Å². The first-order valence-corrected chi connectivity index (χ1v) is 10.2. The van der Waals surface area contributed by atoms with Crippen LogP contribution in [0.3, 0.4) is 0 Å². The largest absolute Gasteiger partial charge is 0.345 e. The SMILES string of the molecule is CCC(C)[C@H](N)C(=O)NC1CCCN(S(=O)(=O)c2ccccn2)CC1=O. The average Bonchev–Trinajstić information content (AvgIpc) is 2.83. The summed E-state index contributed by atoms with van der Waals surface area (Å²) < 4.78 is 26.4. The number of ketones is 1. The van der Waals surface area contributed by atoms with Crippen LogP contribution in [0.5, 0.6) is 0 Å². The molecule has 0 radical (unpaired) electrons. The van der Waals surface area contributed by atoms with Crippen molar-refractivity contribution in [1.82, 2.24) is 14.6 Å². The highest BCUT2D eigenvalue weighted by Crippen LogP contribution is 2.18. The number of hydrogen-bond donors (Lipinski definition) is 2. The van der Waals surface area contributed by atoms with Crippen molar-refractivity contribution in [2.75, 3.05) is 13.1 Å². The summed E-state index contributed by atoms with van der Waals surface area (Å²) in [6.45, 7) is 3.73. The Labute approximate surface area is 154 Å². The maximum atomic E-state index is 12.7. The van der Waals surface area contributed by atoms with Crippen molar-refractivity contribution < 1.29 is 18.0 Å². The molecule has 0 bridgehead atoms. The van der Waals surface area contributed by atoms with Gasteiger partial charge in [0.15, 0.2) is 10.8 Å². The lowest BCUT2D eigenvalue weighted by Gasteiger charge is -2.22. The molecule has 1 aromatic heterocycles. The highest BCUT2D eigenvalue weighted by molar-refractivity contribution is 7.89. The monoisotopic (exact) mass is 382 g/mol. The lowest BCUT2D eigenvalue weighted by atomic mass is 9.98. The van der Waals surface area contributed by atoms with Crippen LogP contribution in [0, 0.1) is 5.92 Å². The van der Waals surface area contributed by atoms with E-state index in [0.717, 1.165) is 10.7 Å². The molecule has 3 N–H and O–H groups in total. The second kappa shape index (κ2) is 8.70. The number of nitrogens with two attached hydrogens (primary N) is 1. The number of aromatic nitrogens is 1. The Morgan fingerprint density at radius 1 is 1.46 bits per heavy atom. The number of nitrogens with zero attached hydrogens (tertiary/aromatic N) is 2. The Hall–Kier alpha value is -1.84. The Morgan fingerprint density at radius 3 is 2.81 bits per heavy atom. The first-order chi connectivity index (χ1) is 12.3. The molecule has 3 atom stereocenters. The van der Waals surface area contributed by atoms with E-state index in [9.17, 15) is 18.0 Å². The Kier molecular flexibility index (Phi) is 6.85. The third kappa shape index (κ3) is 4.66. The van der Waals surface area contributed by atoms with Gasteiger partial charge in [-0.1, -0.05) is 26.3 Å². The van der Waals surface area contributed by atoms with Crippen LogP contribution in [0.1, 0.15) is 33.1 Å². The summed E-state index contributed by atoms with van der Waals surface area (Å²) in [4.78, 5) is 28.6. The van der Waals surface area contributed by atoms with Gasteiger partial charge in [-0.25, -0.2) is 13.4 Å². The van der Waals surface area contributed by atoms with Gasteiger partial charge in [-0.05, 0) is 30.9 Å².